The standard InChI is InChI=1S/C25H34N2O/c1-24(2,3)20-11-12-22(28-4)21(15-20)19-16-25(27-17-19)13-8-14-26-23(25)18-9-6-5-7-10-18/h5-7,9-12,15,19,23,26-27H,8,13-14,16-17H2,1-4H3. The molecule has 0 amide bonds. The topological polar surface area (TPSA) is 33.3 Å². The van der Waals surface area contributed by atoms with E-state index in [4.69, 9.17) is 4.74 Å². The van der Waals surface area contributed by atoms with Gasteiger partial charge in [-0.1, -0.05) is 63.2 Å². The quantitative estimate of drug-likeness (QED) is 0.794. The summed E-state index contributed by atoms with van der Waals surface area (Å²) in [7, 11) is 1.79. The molecule has 2 aliphatic rings. The number of nitrogens with one attached hydrogen (secondary N) is 2. The molecule has 0 aliphatic carbocycles. The van der Waals surface area contributed by atoms with Gasteiger partial charge in [0.25, 0.3) is 0 Å². The molecule has 2 aromatic carbocycles. The molecule has 2 heterocycles. The van der Waals surface area contributed by atoms with Crippen LogP contribution in [-0.2, 0) is 5.41 Å². The lowest BCUT2D eigenvalue weighted by atomic mass is 9.75. The van der Waals surface area contributed by atoms with Crippen molar-refractivity contribution < 1.29 is 4.74 Å². The van der Waals surface area contributed by atoms with E-state index in [0.717, 1.165) is 25.3 Å². The van der Waals surface area contributed by atoms with Crippen molar-refractivity contribution in [2.45, 2.75) is 62.9 Å². The van der Waals surface area contributed by atoms with E-state index < -0.39 is 0 Å². The van der Waals surface area contributed by atoms with Crippen LogP contribution in [0.5, 0.6) is 5.75 Å². The van der Waals surface area contributed by atoms with Crippen LogP contribution < -0.4 is 15.4 Å². The third kappa shape index (κ3) is 3.58. The van der Waals surface area contributed by atoms with Crippen LogP contribution in [0.25, 0.3) is 0 Å². The average molecular weight is 379 g/mol. The molecule has 2 saturated heterocycles. The fourth-order valence-corrected chi connectivity index (χ4v) is 5.13. The zero-order valence-electron chi connectivity index (χ0n) is 17.7. The number of methoxy groups -OCH3 is 1. The number of piperidine rings is 1. The van der Waals surface area contributed by atoms with Crippen molar-refractivity contribution in [3.8, 4) is 5.75 Å². The highest BCUT2D eigenvalue weighted by Crippen LogP contribution is 2.46. The van der Waals surface area contributed by atoms with Crippen LogP contribution in [0.15, 0.2) is 48.5 Å². The molecular formula is C25H34N2O. The van der Waals surface area contributed by atoms with Gasteiger partial charge in [-0.25, -0.2) is 0 Å². The smallest absolute Gasteiger partial charge is 0.122 e. The minimum absolute atomic E-state index is 0.118. The number of rotatable bonds is 3. The first-order valence-corrected chi connectivity index (χ1v) is 10.6. The summed E-state index contributed by atoms with van der Waals surface area (Å²) in [6, 6.07) is 18.1. The maximum Gasteiger partial charge on any atom is 0.122 e. The molecule has 3 atom stereocenters. The Bertz CT molecular complexity index is 811. The van der Waals surface area contributed by atoms with Gasteiger partial charge >= 0.3 is 0 Å². The van der Waals surface area contributed by atoms with E-state index in [1.165, 1.54) is 29.5 Å². The zero-order valence-corrected chi connectivity index (χ0v) is 17.7. The Morgan fingerprint density at radius 3 is 2.57 bits per heavy atom. The van der Waals surface area contributed by atoms with Crippen LogP contribution >= 0.6 is 0 Å². The number of hydrogen-bond acceptors (Lipinski definition) is 3. The van der Waals surface area contributed by atoms with E-state index >= 15 is 0 Å². The van der Waals surface area contributed by atoms with Crippen molar-refractivity contribution in [1.29, 1.82) is 0 Å². The molecule has 3 nitrogen and oxygen atoms in total. The molecule has 0 radical (unpaired) electrons. The van der Waals surface area contributed by atoms with Gasteiger partial charge < -0.3 is 15.4 Å². The van der Waals surface area contributed by atoms with Crippen LogP contribution in [0.1, 0.15) is 68.7 Å². The fraction of sp³-hybridized carbons (Fsp3) is 0.520. The Hall–Kier alpha value is -1.84. The number of hydrogen-bond donors (Lipinski definition) is 2. The zero-order chi connectivity index (χ0) is 19.8. The summed E-state index contributed by atoms with van der Waals surface area (Å²) < 4.78 is 5.77. The Labute approximate surface area is 169 Å². The molecule has 2 aromatic rings. The van der Waals surface area contributed by atoms with Crippen molar-refractivity contribution in [2.24, 2.45) is 0 Å². The summed E-state index contributed by atoms with van der Waals surface area (Å²) in [5, 5.41) is 7.77. The van der Waals surface area contributed by atoms with E-state index in [1.807, 2.05) is 0 Å². The minimum atomic E-state index is 0.118. The van der Waals surface area contributed by atoms with Gasteiger partial charge in [0.15, 0.2) is 0 Å². The first-order valence-electron chi connectivity index (χ1n) is 10.6. The second-order valence-corrected chi connectivity index (χ2v) is 9.55. The highest BCUT2D eigenvalue weighted by molar-refractivity contribution is 5.43. The maximum absolute atomic E-state index is 5.77. The summed E-state index contributed by atoms with van der Waals surface area (Å²) in [5.74, 6) is 1.50. The minimum Gasteiger partial charge on any atom is -0.496 e. The molecule has 0 aromatic heterocycles. The Morgan fingerprint density at radius 2 is 1.86 bits per heavy atom. The van der Waals surface area contributed by atoms with Gasteiger partial charge in [-0.2, -0.15) is 0 Å². The third-order valence-electron chi connectivity index (χ3n) is 6.68. The van der Waals surface area contributed by atoms with Crippen molar-refractivity contribution in [1.82, 2.24) is 10.6 Å². The van der Waals surface area contributed by atoms with E-state index in [9.17, 15) is 0 Å². The van der Waals surface area contributed by atoms with Gasteiger partial charge in [-0.3, -0.25) is 0 Å². The molecule has 150 valence electrons. The second-order valence-electron chi connectivity index (χ2n) is 9.55. The lowest BCUT2D eigenvalue weighted by molar-refractivity contribution is 0.202. The molecule has 3 heteroatoms. The maximum atomic E-state index is 5.77. The Morgan fingerprint density at radius 1 is 1.07 bits per heavy atom. The van der Waals surface area contributed by atoms with Crippen LogP contribution in [0.3, 0.4) is 0 Å². The molecule has 0 bridgehead atoms. The van der Waals surface area contributed by atoms with Gasteiger partial charge in [-0.05, 0) is 54.0 Å². The average Bonchev–Trinajstić information content (AvgIpc) is 3.12. The van der Waals surface area contributed by atoms with Gasteiger partial charge in [-0.15, -0.1) is 0 Å². The van der Waals surface area contributed by atoms with Crippen molar-refractivity contribution in [3.05, 3.63) is 65.2 Å². The molecule has 0 saturated carbocycles. The van der Waals surface area contributed by atoms with Gasteiger partial charge in [0, 0.05) is 18.0 Å². The molecule has 4 rings (SSSR count). The molecule has 2 N–H and O–H groups in total. The van der Waals surface area contributed by atoms with Crippen molar-refractivity contribution in [2.75, 3.05) is 20.2 Å². The van der Waals surface area contributed by atoms with Gasteiger partial charge in [0.05, 0.1) is 13.2 Å². The predicted octanol–water partition coefficient (Wildman–Crippen LogP) is 4.93. The van der Waals surface area contributed by atoms with Crippen LogP contribution in [0.4, 0.5) is 0 Å². The molecule has 28 heavy (non-hydrogen) atoms. The van der Waals surface area contributed by atoms with E-state index in [-0.39, 0.29) is 11.0 Å². The number of ether oxygens (including phenoxy) is 1. The van der Waals surface area contributed by atoms with Gasteiger partial charge in [0.2, 0.25) is 0 Å². The monoisotopic (exact) mass is 378 g/mol. The van der Waals surface area contributed by atoms with Crippen LogP contribution in [-0.4, -0.2) is 25.7 Å². The lowest BCUT2D eigenvalue weighted by Crippen LogP contribution is -2.54. The largest absolute Gasteiger partial charge is 0.496 e. The van der Waals surface area contributed by atoms with Crippen LogP contribution in [0, 0.1) is 0 Å². The second kappa shape index (κ2) is 7.53. The fourth-order valence-electron chi connectivity index (χ4n) is 5.13. The summed E-state index contributed by atoms with van der Waals surface area (Å²) in [5.41, 5.74) is 4.39. The van der Waals surface area contributed by atoms with Crippen molar-refractivity contribution >= 4 is 0 Å². The highest BCUT2D eigenvalue weighted by Gasteiger charge is 2.47. The molecular weight excluding hydrogens is 344 g/mol. The first-order chi connectivity index (χ1) is 13.4. The van der Waals surface area contributed by atoms with Gasteiger partial charge in [0.1, 0.15) is 5.75 Å². The summed E-state index contributed by atoms with van der Waals surface area (Å²) in [4.78, 5) is 0. The molecule has 3 unspecified atom stereocenters. The summed E-state index contributed by atoms with van der Waals surface area (Å²) in [6.45, 7) is 8.95. The molecule has 1 spiro atoms. The molecule has 2 aliphatic heterocycles. The lowest BCUT2D eigenvalue weighted by Gasteiger charge is -2.43. The molecule has 2 fully saturated rings. The predicted molar refractivity (Wildman–Crippen MR) is 116 cm³/mol. The highest BCUT2D eigenvalue weighted by atomic mass is 16.5. The third-order valence-corrected chi connectivity index (χ3v) is 6.68. The van der Waals surface area contributed by atoms with E-state index in [1.54, 1.807) is 7.11 Å². The van der Waals surface area contributed by atoms with Crippen molar-refractivity contribution in [3.63, 3.8) is 0 Å². The van der Waals surface area contributed by atoms with Crippen LogP contribution in [0.2, 0.25) is 0 Å². The van der Waals surface area contributed by atoms with E-state index in [2.05, 4.69) is 79.9 Å². The SMILES string of the molecule is COc1ccc(C(C)(C)C)cc1C1CNC2(CCCNC2c2ccccc2)C1. The van der Waals surface area contributed by atoms with E-state index in [0.29, 0.717) is 12.0 Å². The summed E-state index contributed by atoms with van der Waals surface area (Å²) in [6.07, 6.45) is 3.59. The Kier molecular flexibility index (Phi) is 5.24. The number of benzene rings is 2. The summed E-state index contributed by atoms with van der Waals surface area (Å²) >= 11 is 0. The Balaban J connectivity index is 1.66. The normalized spacial score (nSPS) is 27.9. The first kappa shape index (κ1) is 19.5.